The summed E-state index contributed by atoms with van der Waals surface area (Å²) in [7, 11) is 0. The molecule has 2 aliphatic rings. The van der Waals surface area contributed by atoms with Crippen molar-refractivity contribution in [1.82, 2.24) is 9.97 Å². The SMILES string of the molecule is CC(C)Sc1nc2c(c(=O)[nH]1)C(c1ccc(Cl)c(Cl)c1)C1=C(CC(C)(C)CC1=O)N2. The highest BCUT2D eigenvalue weighted by Crippen LogP contribution is 2.48. The van der Waals surface area contributed by atoms with E-state index in [-0.39, 0.29) is 22.0 Å². The van der Waals surface area contributed by atoms with Gasteiger partial charge < -0.3 is 10.3 Å². The van der Waals surface area contributed by atoms with Gasteiger partial charge in [-0.3, -0.25) is 9.59 Å². The lowest BCUT2D eigenvalue weighted by Crippen LogP contribution is -2.37. The van der Waals surface area contributed by atoms with Crippen molar-refractivity contribution in [3.05, 3.63) is 61.0 Å². The summed E-state index contributed by atoms with van der Waals surface area (Å²) in [6.45, 7) is 8.23. The summed E-state index contributed by atoms with van der Waals surface area (Å²) < 4.78 is 0. The van der Waals surface area contributed by atoms with Crippen molar-refractivity contribution >= 4 is 46.6 Å². The summed E-state index contributed by atoms with van der Waals surface area (Å²) >= 11 is 13.9. The van der Waals surface area contributed by atoms with Gasteiger partial charge in [-0.1, -0.05) is 68.7 Å². The van der Waals surface area contributed by atoms with Gasteiger partial charge in [0.05, 0.1) is 15.6 Å². The first-order chi connectivity index (χ1) is 14.1. The third kappa shape index (κ3) is 3.93. The van der Waals surface area contributed by atoms with Crippen molar-refractivity contribution in [1.29, 1.82) is 0 Å². The van der Waals surface area contributed by atoms with Crippen molar-refractivity contribution in [2.45, 2.75) is 56.9 Å². The molecule has 5 nitrogen and oxygen atoms in total. The summed E-state index contributed by atoms with van der Waals surface area (Å²) in [6, 6.07) is 5.25. The molecule has 30 heavy (non-hydrogen) atoms. The quantitative estimate of drug-likeness (QED) is 0.445. The van der Waals surface area contributed by atoms with Gasteiger partial charge >= 0.3 is 0 Å². The number of carbonyl (C=O) groups is 1. The molecule has 0 fully saturated rings. The third-order valence-electron chi connectivity index (χ3n) is 5.32. The summed E-state index contributed by atoms with van der Waals surface area (Å²) in [5.41, 5.74) is 2.22. The van der Waals surface area contributed by atoms with Gasteiger partial charge in [-0.2, -0.15) is 0 Å². The lowest BCUT2D eigenvalue weighted by Gasteiger charge is -2.38. The molecule has 0 saturated heterocycles. The molecule has 2 heterocycles. The molecule has 0 bridgehead atoms. The maximum Gasteiger partial charge on any atom is 0.257 e. The highest BCUT2D eigenvalue weighted by atomic mass is 35.5. The number of Topliss-reactive ketones (excluding diaryl/α,β-unsaturated/α-hetero) is 1. The number of aromatic nitrogens is 2. The Hall–Kier alpha value is -1.76. The van der Waals surface area contributed by atoms with Crippen LogP contribution in [-0.4, -0.2) is 21.0 Å². The smallest absolute Gasteiger partial charge is 0.257 e. The van der Waals surface area contributed by atoms with Gasteiger partial charge in [-0.15, -0.1) is 0 Å². The third-order valence-corrected chi connectivity index (χ3v) is 6.95. The Morgan fingerprint density at radius 2 is 1.90 bits per heavy atom. The number of rotatable bonds is 3. The molecule has 8 heteroatoms. The average molecular weight is 464 g/mol. The Balaban J connectivity index is 1.95. The maximum atomic E-state index is 13.2. The van der Waals surface area contributed by atoms with E-state index in [2.05, 4.69) is 29.1 Å². The highest BCUT2D eigenvalue weighted by molar-refractivity contribution is 7.99. The molecule has 1 aliphatic heterocycles. The Morgan fingerprint density at radius 3 is 2.57 bits per heavy atom. The highest BCUT2D eigenvalue weighted by Gasteiger charge is 2.42. The number of carbonyl (C=O) groups excluding carboxylic acids is 1. The maximum absolute atomic E-state index is 13.2. The average Bonchev–Trinajstić information content (AvgIpc) is 2.60. The predicted octanol–water partition coefficient (Wildman–Crippen LogP) is 5.78. The van der Waals surface area contributed by atoms with Gasteiger partial charge in [-0.05, 0) is 29.5 Å². The zero-order chi connectivity index (χ0) is 21.8. The molecule has 2 N–H and O–H groups in total. The van der Waals surface area contributed by atoms with E-state index in [9.17, 15) is 9.59 Å². The second-order valence-electron chi connectivity index (χ2n) is 8.86. The monoisotopic (exact) mass is 463 g/mol. The number of halogens is 2. The fourth-order valence-corrected chi connectivity index (χ4v) is 5.25. The molecule has 1 aromatic carbocycles. The Labute approximate surface area is 189 Å². The van der Waals surface area contributed by atoms with E-state index in [0.717, 1.165) is 11.3 Å². The van der Waals surface area contributed by atoms with Gasteiger partial charge in [0.2, 0.25) is 0 Å². The fraction of sp³-hybridized carbons (Fsp3) is 0.409. The minimum Gasteiger partial charge on any atom is -0.343 e. The molecular formula is C22H23Cl2N3O2S. The molecular weight excluding hydrogens is 441 g/mol. The normalized spacial score (nSPS) is 20.1. The van der Waals surface area contributed by atoms with Crippen LogP contribution in [0.2, 0.25) is 10.0 Å². The van der Waals surface area contributed by atoms with E-state index < -0.39 is 5.92 Å². The molecule has 1 aromatic heterocycles. The summed E-state index contributed by atoms with van der Waals surface area (Å²) in [4.78, 5) is 34.0. The van der Waals surface area contributed by atoms with Crippen LogP contribution in [0.4, 0.5) is 5.82 Å². The van der Waals surface area contributed by atoms with Crippen LogP contribution in [0.3, 0.4) is 0 Å². The van der Waals surface area contributed by atoms with Crippen molar-refractivity contribution in [2.24, 2.45) is 5.41 Å². The standard InChI is InChI=1S/C22H23Cl2N3O2S/c1-10(2)30-21-26-19-18(20(29)27-21)16(11-5-6-12(23)13(24)7-11)17-14(25-19)8-22(3,4)9-15(17)28/h5-7,10,16H,8-9H2,1-4H3,(H2,25,26,27,29). The summed E-state index contributed by atoms with van der Waals surface area (Å²) in [5.74, 6) is 0.00157. The molecule has 0 radical (unpaired) electrons. The van der Waals surface area contributed by atoms with Crippen LogP contribution in [0.15, 0.2) is 39.4 Å². The van der Waals surface area contributed by atoms with E-state index in [1.807, 2.05) is 19.9 Å². The van der Waals surface area contributed by atoms with Crippen LogP contribution < -0.4 is 10.9 Å². The van der Waals surface area contributed by atoms with Crippen molar-refractivity contribution in [3.8, 4) is 0 Å². The predicted molar refractivity (Wildman–Crippen MR) is 123 cm³/mol. The molecule has 0 spiro atoms. The first kappa shape index (κ1) is 21.5. The molecule has 1 unspecified atom stereocenters. The van der Waals surface area contributed by atoms with E-state index in [4.69, 9.17) is 23.2 Å². The topological polar surface area (TPSA) is 74.8 Å². The summed E-state index contributed by atoms with van der Waals surface area (Å²) in [6.07, 6.45) is 1.12. The second kappa shape index (κ2) is 7.74. The van der Waals surface area contributed by atoms with Gasteiger partial charge in [0, 0.05) is 28.9 Å². The van der Waals surface area contributed by atoms with Crippen LogP contribution in [0.1, 0.15) is 57.6 Å². The van der Waals surface area contributed by atoms with Crippen LogP contribution in [-0.2, 0) is 4.79 Å². The number of benzene rings is 1. The number of hydrogen-bond donors (Lipinski definition) is 2. The number of nitrogens with one attached hydrogen (secondary N) is 2. The van der Waals surface area contributed by atoms with Crippen LogP contribution in [0.25, 0.3) is 0 Å². The molecule has 4 rings (SSSR count). The number of aromatic amines is 1. The first-order valence-corrected chi connectivity index (χ1v) is 11.5. The second-order valence-corrected chi connectivity index (χ2v) is 11.2. The number of thioether (sulfide) groups is 1. The summed E-state index contributed by atoms with van der Waals surface area (Å²) in [5, 5.41) is 4.96. The lowest BCUT2D eigenvalue weighted by molar-refractivity contribution is -0.118. The van der Waals surface area contributed by atoms with Gasteiger partial charge in [-0.25, -0.2) is 4.98 Å². The van der Waals surface area contributed by atoms with E-state index in [0.29, 0.717) is 45.0 Å². The van der Waals surface area contributed by atoms with Gasteiger partial charge in [0.25, 0.3) is 5.56 Å². The largest absolute Gasteiger partial charge is 0.343 e. The van der Waals surface area contributed by atoms with E-state index in [1.165, 1.54) is 11.8 Å². The lowest BCUT2D eigenvalue weighted by atomic mass is 9.69. The van der Waals surface area contributed by atoms with Crippen LogP contribution in [0, 0.1) is 5.41 Å². The van der Waals surface area contributed by atoms with E-state index in [1.54, 1.807) is 12.1 Å². The number of H-pyrrole nitrogens is 1. The molecule has 158 valence electrons. The number of ketones is 1. The molecule has 0 amide bonds. The zero-order valence-corrected chi connectivity index (χ0v) is 19.6. The van der Waals surface area contributed by atoms with Gasteiger partial charge in [0.15, 0.2) is 10.9 Å². The fourth-order valence-electron chi connectivity index (χ4n) is 4.20. The number of allylic oxidation sites excluding steroid dienone is 2. The molecule has 1 aliphatic carbocycles. The number of hydrogen-bond acceptors (Lipinski definition) is 5. The minimum absolute atomic E-state index is 0.0375. The van der Waals surface area contributed by atoms with E-state index >= 15 is 0 Å². The Morgan fingerprint density at radius 1 is 1.17 bits per heavy atom. The Kier molecular flexibility index (Phi) is 5.54. The van der Waals surface area contributed by atoms with Crippen LogP contribution >= 0.6 is 35.0 Å². The molecule has 0 saturated carbocycles. The van der Waals surface area contributed by atoms with Crippen molar-refractivity contribution < 1.29 is 4.79 Å². The number of nitrogens with zero attached hydrogens (tertiary/aromatic N) is 1. The number of fused-ring (bicyclic) bond motifs is 1. The van der Waals surface area contributed by atoms with Crippen molar-refractivity contribution in [3.63, 3.8) is 0 Å². The first-order valence-electron chi connectivity index (χ1n) is 9.85. The van der Waals surface area contributed by atoms with Crippen molar-refractivity contribution in [2.75, 3.05) is 5.32 Å². The van der Waals surface area contributed by atoms with Gasteiger partial charge in [0.1, 0.15) is 5.82 Å². The molecule has 2 aromatic rings. The zero-order valence-electron chi connectivity index (χ0n) is 17.2. The molecule has 1 atom stereocenters. The Bertz CT molecular complexity index is 1140. The van der Waals surface area contributed by atoms with Crippen LogP contribution in [0.5, 0.6) is 0 Å². The minimum atomic E-state index is -0.538. The number of anilines is 1.